The van der Waals surface area contributed by atoms with Crippen molar-refractivity contribution in [1.29, 1.82) is 0 Å². The lowest BCUT2D eigenvalue weighted by Gasteiger charge is -2.42. The number of rotatable bonds is 17. The van der Waals surface area contributed by atoms with Gasteiger partial charge < -0.3 is 15.3 Å². The number of allylic oxidation sites excluding steroid dienone is 4. The van der Waals surface area contributed by atoms with E-state index in [0.717, 1.165) is 6.42 Å². The van der Waals surface area contributed by atoms with Gasteiger partial charge in [-0.2, -0.15) is 11.8 Å². The molecule has 2 fully saturated rings. The van der Waals surface area contributed by atoms with Crippen molar-refractivity contribution < 1.29 is 24.9 Å². The van der Waals surface area contributed by atoms with Gasteiger partial charge in [-0.3, -0.25) is 4.79 Å². The number of unbranched alkanes of at least 4 members (excludes halogenated alkanes) is 3. The summed E-state index contributed by atoms with van der Waals surface area (Å²) in [5.41, 5.74) is 0.473. The van der Waals surface area contributed by atoms with Crippen molar-refractivity contribution in [2.45, 2.75) is 102 Å². The van der Waals surface area contributed by atoms with Gasteiger partial charge in [0.05, 0.1) is 6.61 Å². The Kier molecular flexibility index (Phi) is 12.8. The number of aliphatic carboxylic acids is 1. The summed E-state index contributed by atoms with van der Waals surface area (Å²) in [4.78, 5) is 23.5. The molecule has 0 radical (unpaired) electrons. The first-order chi connectivity index (χ1) is 15.9. The van der Waals surface area contributed by atoms with Gasteiger partial charge in [-0.15, -0.1) is 0 Å². The molecule has 2 aliphatic carbocycles. The third-order valence-corrected chi connectivity index (χ3v) is 8.79. The molecule has 0 saturated heterocycles. The molecule has 33 heavy (non-hydrogen) atoms. The number of carboxylic acids is 1. The zero-order chi connectivity index (χ0) is 24.1. The minimum Gasteiger partial charge on any atom is -0.479 e. The topological polar surface area (TPSA) is 94.8 Å². The molecule has 0 aliphatic heterocycles. The highest BCUT2D eigenvalue weighted by Crippen LogP contribution is 2.49. The molecule has 0 heterocycles. The molecule has 2 saturated carbocycles. The molecular formula is C27H44O5S. The molecule has 0 aromatic carbocycles. The van der Waals surface area contributed by atoms with Crippen LogP contribution in [0.25, 0.3) is 0 Å². The highest BCUT2D eigenvalue weighted by Gasteiger charge is 2.40. The first-order valence-corrected chi connectivity index (χ1v) is 13.9. The second kappa shape index (κ2) is 15.0. The van der Waals surface area contributed by atoms with Crippen molar-refractivity contribution in [2.75, 3.05) is 12.4 Å². The fourth-order valence-corrected chi connectivity index (χ4v) is 6.45. The van der Waals surface area contributed by atoms with Crippen molar-refractivity contribution in [3.8, 4) is 0 Å². The van der Waals surface area contributed by atoms with Gasteiger partial charge in [0, 0.05) is 23.3 Å². The van der Waals surface area contributed by atoms with Gasteiger partial charge in [0.15, 0.2) is 6.10 Å². The molecule has 4 atom stereocenters. The minimum absolute atomic E-state index is 0.0556. The Hall–Kier alpha value is -1.11. The van der Waals surface area contributed by atoms with Crippen LogP contribution in [0.4, 0.5) is 0 Å². The highest BCUT2D eigenvalue weighted by atomic mass is 32.2. The zero-order valence-corrected chi connectivity index (χ0v) is 21.1. The van der Waals surface area contributed by atoms with E-state index >= 15 is 0 Å². The van der Waals surface area contributed by atoms with Crippen molar-refractivity contribution in [3.63, 3.8) is 0 Å². The summed E-state index contributed by atoms with van der Waals surface area (Å²) in [5.74, 6) is -0.133. The average molecular weight is 481 g/mol. The van der Waals surface area contributed by atoms with Crippen molar-refractivity contribution >= 4 is 23.5 Å². The van der Waals surface area contributed by atoms with Crippen molar-refractivity contribution in [3.05, 3.63) is 24.3 Å². The zero-order valence-electron chi connectivity index (χ0n) is 20.3. The predicted molar refractivity (Wildman–Crippen MR) is 135 cm³/mol. The maximum atomic E-state index is 12.8. The lowest BCUT2D eigenvalue weighted by molar-refractivity contribution is -0.146. The molecule has 3 N–H and O–H groups in total. The maximum absolute atomic E-state index is 12.8. The second-order valence-corrected chi connectivity index (χ2v) is 11.3. The van der Waals surface area contributed by atoms with Crippen molar-refractivity contribution in [1.82, 2.24) is 0 Å². The van der Waals surface area contributed by atoms with Crippen LogP contribution in [0.1, 0.15) is 90.4 Å². The summed E-state index contributed by atoms with van der Waals surface area (Å²) in [6, 6.07) is 0. The van der Waals surface area contributed by atoms with E-state index in [9.17, 15) is 19.8 Å². The fourth-order valence-electron chi connectivity index (χ4n) is 5.25. The molecule has 0 amide bonds. The highest BCUT2D eigenvalue weighted by molar-refractivity contribution is 8.00. The maximum Gasteiger partial charge on any atom is 0.332 e. The van der Waals surface area contributed by atoms with Crippen LogP contribution in [0, 0.1) is 17.3 Å². The molecule has 1 unspecified atom stereocenters. The van der Waals surface area contributed by atoms with Gasteiger partial charge in [0.25, 0.3) is 0 Å². The fraction of sp³-hybridized carbons (Fsp3) is 0.778. The van der Waals surface area contributed by atoms with Crippen LogP contribution in [0.15, 0.2) is 24.3 Å². The number of aliphatic hydroxyl groups excluding tert-OH is 2. The Bertz CT molecular complexity index is 655. The van der Waals surface area contributed by atoms with Gasteiger partial charge in [0.2, 0.25) is 0 Å². The standard InChI is InChI=1S/C27H44O5S/c1-2-3-4-8-14-27(16-10-17-27)15-9-12-22-21(24(30)20-25(22)33-19-18-28)11-6-5-7-13-23(29)26(31)32/h5-6,9,12,21-23,25,28-29H,2-4,7-8,10-11,13-20H2,1H3,(H,31,32)/t21-,22-,23?,25-/m1/s1. The van der Waals surface area contributed by atoms with Gasteiger partial charge in [-0.1, -0.05) is 63.3 Å². The summed E-state index contributed by atoms with van der Waals surface area (Å²) >= 11 is 1.70. The van der Waals surface area contributed by atoms with E-state index in [1.807, 2.05) is 12.2 Å². The summed E-state index contributed by atoms with van der Waals surface area (Å²) in [6.07, 6.45) is 20.7. The third-order valence-electron chi connectivity index (χ3n) is 7.47. The Morgan fingerprint density at radius 1 is 1.21 bits per heavy atom. The van der Waals surface area contributed by atoms with Crippen LogP contribution in [0.3, 0.4) is 0 Å². The number of carbonyl (C=O) groups excluding carboxylic acids is 1. The molecule has 5 nitrogen and oxygen atoms in total. The number of ketones is 1. The Balaban J connectivity index is 1.94. The first-order valence-electron chi connectivity index (χ1n) is 12.9. The van der Waals surface area contributed by atoms with Crippen LogP contribution >= 0.6 is 11.8 Å². The minimum atomic E-state index is -1.33. The van der Waals surface area contributed by atoms with Crippen LogP contribution in [0.5, 0.6) is 0 Å². The molecule has 188 valence electrons. The van der Waals surface area contributed by atoms with Gasteiger partial charge in [-0.25, -0.2) is 4.79 Å². The number of hydrogen-bond donors (Lipinski definition) is 3. The van der Waals surface area contributed by atoms with Gasteiger partial charge >= 0.3 is 5.97 Å². The number of thioether (sulfide) groups is 1. The number of aliphatic hydroxyl groups is 2. The third kappa shape index (κ3) is 9.22. The van der Waals surface area contributed by atoms with E-state index < -0.39 is 12.1 Å². The molecule has 0 aromatic rings. The SMILES string of the molecule is CCCCCCC1(CC=C[C@H]2[C@H](SCCO)CC(=O)[C@@H]2CC=CCCC(O)C(=O)O)CCC1. The second-order valence-electron chi connectivity index (χ2n) is 9.92. The van der Waals surface area contributed by atoms with E-state index in [0.29, 0.717) is 30.4 Å². The molecule has 0 bridgehead atoms. The van der Waals surface area contributed by atoms with Crippen LogP contribution < -0.4 is 0 Å². The van der Waals surface area contributed by atoms with Crippen LogP contribution in [-0.2, 0) is 9.59 Å². The van der Waals surface area contributed by atoms with Gasteiger partial charge in [-0.05, 0) is 56.3 Å². The monoisotopic (exact) mass is 480 g/mol. The van der Waals surface area contributed by atoms with E-state index in [2.05, 4.69) is 19.1 Å². The number of hydrogen-bond acceptors (Lipinski definition) is 5. The largest absolute Gasteiger partial charge is 0.479 e. The molecular weight excluding hydrogens is 436 g/mol. The van der Waals surface area contributed by atoms with Gasteiger partial charge in [0.1, 0.15) is 5.78 Å². The quantitative estimate of drug-likeness (QED) is 0.187. The molecule has 2 rings (SSSR count). The number of carboxylic acid groups (broad SMARTS) is 1. The van der Waals surface area contributed by atoms with E-state index in [1.165, 1.54) is 51.4 Å². The van der Waals surface area contributed by atoms with Crippen LogP contribution in [0.2, 0.25) is 0 Å². The number of Topliss-reactive ketones (excluding diaryl/α,β-unsaturated/α-hetero) is 1. The summed E-state index contributed by atoms with van der Waals surface area (Å²) in [5, 5.41) is 27.6. The molecule has 2 aliphatic rings. The molecule has 6 heteroatoms. The molecule has 0 spiro atoms. The lowest BCUT2D eigenvalue weighted by Crippen LogP contribution is -2.28. The first kappa shape index (κ1) is 28.1. The normalized spacial score (nSPS) is 25.7. The molecule has 0 aromatic heterocycles. The van der Waals surface area contributed by atoms with Crippen molar-refractivity contribution in [2.24, 2.45) is 17.3 Å². The Morgan fingerprint density at radius 3 is 2.64 bits per heavy atom. The van der Waals surface area contributed by atoms with E-state index in [-0.39, 0.29) is 35.9 Å². The van der Waals surface area contributed by atoms with E-state index in [4.69, 9.17) is 5.11 Å². The Morgan fingerprint density at radius 2 is 2.00 bits per heavy atom. The Labute approximate surface area is 204 Å². The van der Waals surface area contributed by atoms with Crippen LogP contribution in [-0.4, -0.2) is 50.8 Å². The summed E-state index contributed by atoms with van der Waals surface area (Å²) in [7, 11) is 0. The smallest absolute Gasteiger partial charge is 0.332 e. The lowest BCUT2D eigenvalue weighted by atomic mass is 9.64. The average Bonchev–Trinajstić information content (AvgIpc) is 3.06. The summed E-state index contributed by atoms with van der Waals surface area (Å²) < 4.78 is 0. The summed E-state index contributed by atoms with van der Waals surface area (Å²) in [6.45, 7) is 2.38. The van der Waals surface area contributed by atoms with E-state index in [1.54, 1.807) is 11.8 Å². The predicted octanol–water partition coefficient (Wildman–Crippen LogP) is 5.54. The number of carbonyl (C=O) groups is 2.